The summed E-state index contributed by atoms with van der Waals surface area (Å²) in [6.45, 7) is 0. The van der Waals surface area contributed by atoms with Gasteiger partial charge in [0.2, 0.25) is 0 Å². The van der Waals surface area contributed by atoms with E-state index in [1.54, 1.807) is 6.07 Å². The van der Waals surface area contributed by atoms with Crippen molar-refractivity contribution in [2.75, 3.05) is 7.11 Å². The van der Waals surface area contributed by atoms with E-state index in [1.807, 2.05) is 48.5 Å². The molecule has 2 aromatic carbocycles. The molecule has 1 N–H and O–H groups in total. The van der Waals surface area contributed by atoms with Crippen molar-refractivity contribution >= 4 is 16.9 Å². The minimum Gasteiger partial charge on any atom is -0.464 e. The summed E-state index contributed by atoms with van der Waals surface area (Å²) < 4.78 is 10.6. The average molecular weight is 267 g/mol. The summed E-state index contributed by atoms with van der Waals surface area (Å²) >= 11 is 0. The SMILES string of the molecule is COC(=O)c1cc2c(Oc3ccccc3)cccc2[nH]1. The largest absolute Gasteiger partial charge is 0.464 e. The third-order valence-electron chi connectivity index (χ3n) is 3.00. The van der Waals surface area contributed by atoms with Crippen molar-refractivity contribution in [3.8, 4) is 11.5 Å². The van der Waals surface area contributed by atoms with Gasteiger partial charge in [-0.1, -0.05) is 24.3 Å². The molecule has 20 heavy (non-hydrogen) atoms. The monoisotopic (exact) mass is 267 g/mol. The van der Waals surface area contributed by atoms with Crippen molar-refractivity contribution < 1.29 is 14.3 Å². The Balaban J connectivity index is 2.03. The Hall–Kier alpha value is -2.75. The number of esters is 1. The van der Waals surface area contributed by atoms with Crippen LogP contribution in [0.3, 0.4) is 0 Å². The number of carbonyl (C=O) groups is 1. The van der Waals surface area contributed by atoms with Crippen LogP contribution in [0.25, 0.3) is 10.9 Å². The standard InChI is InChI=1S/C16H13NO3/c1-19-16(18)14-10-12-13(17-14)8-5-9-15(12)20-11-6-3-2-4-7-11/h2-10,17H,1H3. The lowest BCUT2D eigenvalue weighted by Crippen LogP contribution is -2.00. The number of H-pyrrole nitrogens is 1. The van der Waals surface area contributed by atoms with Crippen molar-refractivity contribution in [3.05, 3.63) is 60.3 Å². The minimum atomic E-state index is -0.396. The molecule has 0 aliphatic heterocycles. The zero-order chi connectivity index (χ0) is 13.9. The van der Waals surface area contributed by atoms with Gasteiger partial charge in [0, 0.05) is 10.9 Å². The fourth-order valence-electron chi connectivity index (χ4n) is 2.05. The predicted molar refractivity (Wildman–Crippen MR) is 76.2 cm³/mol. The Kier molecular flexibility index (Phi) is 3.13. The van der Waals surface area contributed by atoms with Gasteiger partial charge in [-0.3, -0.25) is 0 Å². The summed E-state index contributed by atoms with van der Waals surface area (Å²) in [4.78, 5) is 14.6. The summed E-state index contributed by atoms with van der Waals surface area (Å²) in [6, 6.07) is 16.9. The van der Waals surface area contributed by atoms with Crippen molar-refractivity contribution in [2.45, 2.75) is 0 Å². The van der Waals surface area contributed by atoms with Gasteiger partial charge < -0.3 is 14.5 Å². The van der Waals surface area contributed by atoms with Crippen molar-refractivity contribution in [2.24, 2.45) is 0 Å². The van der Waals surface area contributed by atoms with Gasteiger partial charge in [-0.15, -0.1) is 0 Å². The van der Waals surface area contributed by atoms with E-state index in [2.05, 4.69) is 4.98 Å². The topological polar surface area (TPSA) is 51.3 Å². The molecule has 1 aromatic heterocycles. The number of nitrogens with one attached hydrogen (secondary N) is 1. The molecule has 0 radical (unpaired) electrons. The van der Waals surface area contributed by atoms with Crippen molar-refractivity contribution in [1.82, 2.24) is 4.98 Å². The van der Waals surface area contributed by atoms with Gasteiger partial charge in [0.1, 0.15) is 17.2 Å². The van der Waals surface area contributed by atoms with E-state index in [4.69, 9.17) is 9.47 Å². The number of benzene rings is 2. The highest BCUT2D eigenvalue weighted by Gasteiger charge is 2.12. The van der Waals surface area contributed by atoms with Crippen LogP contribution >= 0.6 is 0 Å². The highest BCUT2D eigenvalue weighted by atomic mass is 16.5. The van der Waals surface area contributed by atoms with Crippen LogP contribution in [-0.2, 0) is 4.74 Å². The van der Waals surface area contributed by atoms with Gasteiger partial charge in [0.15, 0.2) is 0 Å². The second-order valence-corrected chi connectivity index (χ2v) is 4.31. The number of hydrogen-bond donors (Lipinski definition) is 1. The van der Waals surface area contributed by atoms with E-state index in [0.717, 1.165) is 16.7 Å². The molecule has 0 saturated carbocycles. The molecular formula is C16H13NO3. The second kappa shape index (κ2) is 5.09. The molecule has 0 unspecified atom stereocenters. The first-order valence-electron chi connectivity index (χ1n) is 6.21. The molecule has 0 amide bonds. The van der Waals surface area contributed by atoms with Crippen molar-refractivity contribution in [3.63, 3.8) is 0 Å². The molecule has 0 fully saturated rings. The average Bonchev–Trinajstić information content (AvgIpc) is 2.93. The number of aromatic nitrogens is 1. The van der Waals surface area contributed by atoms with Gasteiger partial charge in [0.25, 0.3) is 0 Å². The highest BCUT2D eigenvalue weighted by Crippen LogP contribution is 2.30. The molecule has 4 heteroatoms. The highest BCUT2D eigenvalue weighted by molar-refractivity contribution is 5.97. The summed E-state index contributed by atoms with van der Waals surface area (Å²) in [5.74, 6) is 1.05. The maximum atomic E-state index is 11.6. The zero-order valence-corrected chi connectivity index (χ0v) is 10.9. The lowest BCUT2D eigenvalue weighted by molar-refractivity contribution is 0.0595. The molecule has 0 aliphatic carbocycles. The number of hydrogen-bond acceptors (Lipinski definition) is 3. The Morgan fingerprint density at radius 1 is 1.05 bits per heavy atom. The van der Waals surface area contributed by atoms with E-state index in [1.165, 1.54) is 7.11 Å². The summed E-state index contributed by atoms with van der Waals surface area (Å²) in [6.07, 6.45) is 0. The zero-order valence-electron chi connectivity index (χ0n) is 10.9. The number of carbonyl (C=O) groups excluding carboxylic acids is 1. The Morgan fingerprint density at radius 2 is 1.85 bits per heavy atom. The molecule has 4 nitrogen and oxygen atoms in total. The Labute approximate surface area is 115 Å². The molecule has 0 bridgehead atoms. The summed E-state index contributed by atoms with van der Waals surface area (Å²) in [5, 5.41) is 0.844. The molecule has 0 atom stereocenters. The molecule has 0 aliphatic rings. The maximum absolute atomic E-state index is 11.6. The van der Waals surface area contributed by atoms with E-state index in [0.29, 0.717) is 11.4 Å². The summed E-state index contributed by atoms with van der Waals surface area (Å²) in [7, 11) is 1.36. The van der Waals surface area contributed by atoms with E-state index < -0.39 is 5.97 Å². The van der Waals surface area contributed by atoms with E-state index in [9.17, 15) is 4.79 Å². The normalized spacial score (nSPS) is 10.4. The van der Waals surface area contributed by atoms with Crippen molar-refractivity contribution in [1.29, 1.82) is 0 Å². The van der Waals surface area contributed by atoms with Crippen LogP contribution in [-0.4, -0.2) is 18.1 Å². The minimum absolute atomic E-state index is 0.396. The number of fused-ring (bicyclic) bond motifs is 1. The van der Waals surface area contributed by atoms with Gasteiger partial charge in [0.05, 0.1) is 7.11 Å². The quantitative estimate of drug-likeness (QED) is 0.735. The van der Waals surface area contributed by atoms with Crippen LogP contribution in [0.4, 0.5) is 0 Å². The molecule has 1 heterocycles. The second-order valence-electron chi connectivity index (χ2n) is 4.31. The first kappa shape index (κ1) is 12.3. The van der Waals surface area contributed by atoms with Crippen LogP contribution in [0.5, 0.6) is 11.5 Å². The number of para-hydroxylation sites is 1. The third-order valence-corrected chi connectivity index (χ3v) is 3.00. The van der Waals surface area contributed by atoms with Crippen LogP contribution in [0, 0.1) is 0 Å². The lowest BCUT2D eigenvalue weighted by Gasteiger charge is -2.06. The Morgan fingerprint density at radius 3 is 2.60 bits per heavy atom. The maximum Gasteiger partial charge on any atom is 0.354 e. The van der Waals surface area contributed by atoms with Crippen LogP contribution in [0.1, 0.15) is 10.5 Å². The van der Waals surface area contributed by atoms with Crippen LogP contribution in [0.15, 0.2) is 54.6 Å². The van der Waals surface area contributed by atoms with Gasteiger partial charge in [-0.2, -0.15) is 0 Å². The molecular weight excluding hydrogens is 254 g/mol. The first-order valence-corrected chi connectivity index (χ1v) is 6.21. The number of methoxy groups -OCH3 is 1. The fourth-order valence-corrected chi connectivity index (χ4v) is 2.05. The molecule has 0 spiro atoms. The Bertz CT molecular complexity index is 747. The van der Waals surface area contributed by atoms with Crippen LogP contribution < -0.4 is 4.74 Å². The van der Waals surface area contributed by atoms with Crippen LogP contribution in [0.2, 0.25) is 0 Å². The molecule has 100 valence electrons. The van der Waals surface area contributed by atoms with E-state index in [-0.39, 0.29) is 0 Å². The number of rotatable bonds is 3. The number of aromatic amines is 1. The fraction of sp³-hybridized carbons (Fsp3) is 0.0625. The molecule has 0 saturated heterocycles. The smallest absolute Gasteiger partial charge is 0.354 e. The number of ether oxygens (including phenoxy) is 2. The predicted octanol–water partition coefficient (Wildman–Crippen LogP) is 3.75. The summed E-state index contributed by atoms with van der Waals surface area (Å²) in [5.41, 5.74) is 1.24. The molecule has 3 aromatic rings. The first-order chi connectivity index (χ1) is 9.78. The molecule has 3 rings (SSSR count). The van der Waals surface area contributed by atoms with E-state index >= 15 is 0 Å². The third kappa shape index (κ3) is 2.23. The lowest BCUT2D eigenvalue weighted by atomic mass is 10.2. The van der Waals surface area contributed by atoms with Gasteiger partial charge in [-0.05, 0) is 30.3 Å². The van der Waals surface area contributed by atoms with Gasteiger partial charge in [-0.25, -0.2) is 4.79 Å². The van der Waals surface area contributed by atoms with Gasteiger partial charge >= 0.3 is 5.97 Å².